The number of nitrogens with zero attached hydrogens (tertiary/aromatic N) is 5. The van der Waals surface area contributed by atoms with E-state index in [9.17, 15) is 9.59 Å². The molecular formula is C26H32N6O4. The van der Waals surface area contributed by atoms with Crippen molar-refractivity contribution in [2.45, 2.75) is 33.3 Å². The maximum atomic E-state index is 12.7. The quantitative estimate of drug-likeness (QED) is 0.576. The van der Waals surface area contributed by atoms with Crippen LogP contribution in [0.5, 0.6) is 5.75 Å². The number of aromatic nitrogens is 3. The van der Waals surface area contributed by atoms with Gasteiger partial charge in [0.2, 0.25) is 0 Å². The fourth-order valence-corrected chi connectivity index (χ4v) is 3.86. The Morgan fingerprint density at radius 1 is 1.03 bits per heavy atom. The Hall–Kier alpha value is -4.08. The number of amides is 2. The smallest absolute Gasteiger partial charge is 0.410 e. The largest absolute Gasteiger partial charge is 0.494 e. The first-order valence-electron chi connectivity index (χ1n) is 11.8. The molecule has 0 bridgehead atoms. The Labute approximate surface area is 210 Å². The number of carbonyl (C=O) groups excluding carboxylic acids is 2. The van der Waals surface area contributed by atoms with Gasteiger partial charge in [0.05, 0.1) is 19.0 Å². The number of piperazine rings is 1. The van der Waals surface area contributed by atoms with Crippen LogP contribution in [0.1, 0.15) is 36.8 Å². The molecule has 1 fully saturated rings. The van der Waals surface area contributed by atoms with Crippen molar-refractivity contribution in [1.29, 1.82) is 0 Å². The molecule has 0 radical (unpaired) electrons. The van der Waals surface area contributed by atoms with E-state index >= 15 is 0 Å². The summed E-state index contributed by atoms with van der Waals surface area (Å²) in [4.78, 5) is 33.3. The molecular weight excluding hydrogens is 460 g/mol. The molecule has 1 saturated heterocycles. The lowest BCUT2D eigenvalue weighted by Gasteiger charge is -2.36. The summed E-state index contributed by atoms with van der Waals surface area (Å²) in [6.45, 7) is 10.1. The second-order valence-electron chi connectivity index (χ2n) is 9.63. The zero-order valence-electron chi connectivity index (χ0n) is 21.3. The van der Waals surface area contributed by atoms with Crippen molar-refractivity contribution in [3.8, 4) is 11.4 Å². The van der Waals surface area contributed by atoms with Gasteiger partial charge in [-0.15, -0.1) is 0 Å². The van der Waals surface area contributed by atoms with Crippen molar-refractivity contribution in [2.24, 2.45) is 0 Å². The lowest BCUT2D eigenvalue weighted by Crippen LogP contribution is -2.50. The summed E-state index contributed by atoms with van der Waals surface area (Å²) in [6.07, 6.45) is 3.15. The van der Waals surface area contributed by atoms with Gasteiger partial charge < -0.3 is 24.6 Å². The number of pyridine rings is 1. The number of anilines is 2. The fourth-order valence-electron chi connectivity index (χ4n) is 3.86. The zero-order chi connectivity index (χ0) is 25.9. The number of hydrogen-bond acceptors (Lipinski definition) is 7. The molecule has 1 aliphatic rings. The highest BCUT2D eigenvalue weighted by Crippen LogP contribution is 2.24. The number of ether oxygens (including phenoxy) is 2. The summed E-state index contributed by atoms with van der Waals surface area (Å²) in [5.41, 5.74) is 2.49. The molecule has 2 aromatic heterocycles. The minimum Gasteiger partial charge on any atom is -0.494 e. The molecule has 190 valence electrons. The van der Waals surface area contributed by atoms with E-state index in [0.717, 1.165) is 16.9 Å². The first kappa shape index (κ1) is 25.0. The van der Waals surface area contributed by atoms with Crippen LogP contribution in [-0.2, 0) is 4.74 Å². The van der Waals surface area contributed by atoms with Crippen LogP contribution in [0.3, 0.4) is 0 Å². The van der Waals surface area contributed by atoms with Gasteiger partial charge in [0.25, 0.3) is 5.91 Å². The van der Waals surface area contributed by atoms with Gasteiger partial charge in [-0.3, -0.25) is 4.79 Å². The highest BCUT2D eigenvalue weighted by Gasteiger charge is 2.26. The minimum atomic E-state index is -0.510. The highest BCUT2D eigenvalue weighted by molar-refractivity contribution is 6.02. The lowest BCUT2D eigenvalue weighted by molar-refractivity contribution is 0.0240. The third kappa shape index (κ3) is 5.94. The number of benzene rings is 1. The molecule has 10 nitrogen and oxygen atoms in total. The van der Waals surface area contributed by atoms with E-state index in [1.54, 1.807) is 41.2 Å². The fraction of sp³-hybridized carbons (Fsp3) is 0.385. The molecule has 4 rings (SSSR count). The van der Waals surface area contributed by atoms with Crippen molar-refractivity contribution in [2.75, 3.05) is 43.5 Å². The molecule has 1 N–H and O–H groups in total. The van der Waals surface area contributed by atoms with Crippen LogP contribution >= 0.6 is 0 Å². The van der Waals surface area contributed by atoms with Gasteiger partial charge in [0.15, 0.2) is 5.69 Å². The molecule has 3 aromatic rings. The normalized spacial score (nSPS) is 13.9. The van der Waals surface area contributed by atoms with Gasteiger partial charge in [-0.1, -0.05) is 6.07 Å². The van der Waals surface area contributed by atoms with E-state index in [1.165, 1.54) is 0 Å². The summed E-state index contributed by atoms with van der Waals surface area (Å²) >= 11 is 0. The van der Waals surface area contributed by atoms with E-state index in [0.29, 0.717) is 37.7 Å². The number of carbonyl (C=O) groups is 2. The second-order valence-corrected chi connectivity index (χ2v) is 9.63. The molecule has 1 aliphatic heterocycles. The molecule has 2 amide bonds. The summed E-state index contributed by atoms with van der Waals surface area (Å²) < 4.78 is 12.5. The van der Waals surface area contributed by atoms with Crippen molar-refractivity contribution in [3.05, 3.63) is 60.0 Å². The van der Waals surface area contributed by atoms with E-state index in [-0.39, 0.29) is 17.7 Å². The van der Waals surface area contributed by atoms with E-state index < -0.39 is 5.60 Å². The summed E-state index contributed by atoms with van der Waals surface area (Å²) in [6, 6.07) is 11.1. The number of methoxy groups -OCH3 is 1. The molecule has 1 aromatic carbocycles. The standard InChI is InChI=1S/C26H32N6O4/c1-18-6-8-22(35-5)21(16-18)32-11-10-20(29-32)24(33)28-23-9-7-19(17-27-23)30-12-14-31(15-13-30)25(34)36-26(2,3)4/h6-11,16-17H,12-15H2,1-5H3,(H,27,28,33). The Kier molecular flexibility index (Phi) is 7.14. The van der Waals surface area contributed by atoms with Crippen molar-refractivity contribution in [3.63, 3.8) is 0 Å². The van der Waals surface area contributed by atoms with Crippen molar-refractivity contribution in [1.82, 2.24) is 19.7 Å². The number of rotatable bonds is 5. The Morgan fingerprint density at radius 3 is 2.42 bits per heavy atom. The van der Waals surface area contributed by atoms with Gasteiger partial charge in [-0.25, -0.2) is 14.5 Å². The summed E-state index contributed by atoms with van der Waals surface area (Å²) in [5, 5.41) is 7.20. The van der Waals surface area contributed by atoms with Crippen LogP contribution in [-0.4, -0.2) is 70.6 Å². The molecule has 0 unspecified atom stereocenters. The predicted octanol–water partition coefficient (Wildman–Crippen LogP) is 3.89. The molecule has 3 heterocycles. The van der Waals surface area contributed by atoms with Gasteiger partial charge >= 0.3 is 6.09 Å². The van der Waals surface area contributed by atoms with Gasteiger partial charge in [0, 0.05) is 32.4 Å². The highest BCUT2D eigenvalue weighted by atomic mass is 16.6. The third-order valence-corrected chi connectivity index (χ3v) is 5.69. The van der Waals surface area contributed by atoms with Crippen LogP contribution < -0.4 is 15.0 Å². The van der Waals surface area contributed by atoms with Crippen LogP contribution in [0.4, 0.5) is 16.3 Å². The summed E-state index contributed by atoms with van der Waals surface area (Å²) in [5.74, 6) is 0.741. The zero-order valence-corrected chi connectivity index (χ0v) is 21.3. The first-order chi connectivity index (χ1) is 17.1. The average Bonchev–Trinajstić information content (AvgIpc) is 3.34. The van der Waals surface area contributed by atoms with E-state index in [2.05, 4.69) is 20.3 Å². The lowest BCUT2D eigenvalue weighted by atomic mass is 10.2. The predicted molar refractivity (Wildman–Crippen MR) is 137 cm³/mol. The van der Waals surface area contributed by atoms with E-state index in [4.69, 9.17) is 9.47 Å². The maximum Gasteiger partial charge on any atom is 0.410 e. The van der Waals surface area contributed by atoms with E-state index in [1.807, 2.05) is 52.0 Å². The van der Waals surface area contributed by atoms with Gasteiger partial charge in [0.1, 0.15) is 22.9 Å². The number of nitrogens with one attached hydrogen (secondary N) is 1. The molecule has 0 aliphatic carbocycles. The topological polar surface area (TPSA) is 102 Å². The third-order valence-electron chi connectivity index (χ3n) is 5.69. The molecule has 0 spiro atoms. The van der Waals surface area contributed by atoms with Gasteiger partial charge in [-0.05, 0) is 63.6 Å². The second kappa shape index (κ2) is 10.3. The van der Waals surface area contributed by atoms with Crippen molar-refractivity contribution < 1.29 is 19.1 Å². The van der Waals surface area contributed by atoms with Crippen LogP contribution in [0, 0.1) is 6.92 Å². The molecule has 0 atom stereocenters. The molecule has 36 heavy (non-hydrogen) atoms. The van der Waals surface area contributed by atoms with Crippen LogP contribution in [0.2, 0.25) is 0 Å². The Balaban J connectivity index is 1.35. The molecule has 0 saturated carbocycles. The maximum absolute atomic E-state index is 12.7. The molecule has 10 heteroatoms. The Morgan fingerprint density at radius 2 is 1.78 bits per heavy atom. The number of hydrogen-bond donors (Lipinski definition) is 1. The van der Waals surface area contributed by atoms with Crippen molar-refractivity contribution >= 4 is 23.5 Å². The number of aryl methyl sites for hydroxylation is 1. The average molecular weight is 493 g/mol. The van der Waals surface area contributed by atoms with Crippen LogP contribution in [0.25, 0.3) is 5.69 Å². The monoisotopic (exact) mass is 492 g/mol. The minimum absolute atomic E-state index is 0.266. The Bertz CT molecular complexity index is 1220. The van der Waals surface area contributed by atoms with Crippen LogP contribution in [0.15, 0.2) is 48.8 Å². The first-order valence-corrected chi connectivity index (χ1v) is 11.8. The SMILES string of the molecule is COc1ccc(C)cc1-n1ccc(C(=O)Nc2ccc(N3CCN(C(=O)OC(C)(C)C)CC3)cn2)n1. The summed E-state index contributed by atoms with van der Waals surface area (Å²) in [7, 11) is 1.60. The van der Waals surface area contributed by atoms with Gasteiger partial charge in [-0.2, -0.15) is 5.10 Å².